The lowest BCUT2D eigenvalue weighted by Crippen LogP contribution is -1.95. The Morgan fingerprint density at radius 1 is 0.246 bits per heavy atom. The lowest BCUT2D eigenvalue weighted by molar-refractivity contribution is 1.18. The summed E-state index contributed by atoms with van der Waals surface area (Å²) in [7, 11) is 0. The van der Waals surface area contributed by atoms with Crippen LogP contribution in [0, 0.1) is 0 Å². The first kappa shape index (κ1) is 30.7. The first-order valence-corrected chi connectivity index (χ1v) is 19.7. The van der Waals surface area contributed by atoms with E-state index in [1.807, 2.05) is 0 Å². The fourth-order valence-electron chi connectivity index (χ4n) is 9.93. The molecule has 3 nitrogen and oxygen atoms in total. The van der Waals surface area contributed by atoms with Crippen molar-refractivity contribution in [3.05, 3.63) is 200 Å². The average molecular weight is 724 g/mol. The van der Waals surface area contributed by atoms with Crippen LogP contribution in [0.25, 0.3) is 115 Å². The topological polar surface area (TPSA) is 14.3 Å². The van der Waals surface area contributed by atoms with Gasteiger partial charge in [0.25, 0.3) is 0 Å². The minimum atomic E-state index is 1.15. The molecule has 0 N–H and O–H groups in total. The predicted molar refractivity (Wildman–Crippen MR) is 241 cm³/mol. The molecule has 0 radical (unpaired) electrons. The van der Waals surface area contributed by atoms with Crippen molar-refractivity contribution in [2.24, 2.45) is 0 Å². The molecule has 0 aliphatic rings. The number of hydrogen-bond acceptors (Lipinski definition) is 0. The number of benzene rings is 9. The minimum Gasteiger partial charge on any atom is -0.309 e. The van der Waals surface area contributed by atoms with E-state index in [2.05, 4.69) is 214 Å². The smallest absolute Gasteiger partial charge is 0.0620 e. The second-order valence-corrected chi connectivity index (χ2v) is 15.3. The molecule has 3 heteroatoms. The highest BCUT2D eigenvalue weighted by molar-refractivity contribution is 6.24. The molecule has 0 aliphatic heterocycles. The van der Waals surface area contributed by atoms with Crippen molar-refractivity contribution in [1.29, 1.82) is 0 Å². The van der Waals surface area contributed by atoms with Gasteiger partial charge in [0.05, 0.1) is 38.6 Å². The van der Waals surface area contributed by atoms with Crippen LogP contribution in [0.15, 0.2) is 200 Å². The van der Waals surface area contributed by atoms with Gasteiger partial charge in [-0.05, 0) is 89.5 Å². The standard InChI is InChI=1S/C54H33N3/c1-3-13-37(14-4-1)55-48-23-9-8-18-41(48)45-31-34(25-28-50(45)55)35-26-29-51-46(32-35)43-21-11-19-39(53(43)56(51)38-15-5-2-6-16-38)36-27-30-52-47(33-36)44-22-12-20-42-40-17-7-10-24-49(40)57(52)54(42)44/h1-33H. The second-order valence-electron chi connectivity index (χ2n) is 15.3. The van der Waals surface area contributed by atoms with E-state index in [-0.39, 0.29) is 0 Å². The Morgan fingerprint density at radius 2 is 0.667 bits per heavy atom. The van der Waals surface area contributed by atoms with Gasteiger partial charge in [0, 0.05) is 60.0 Å². The van der Waals surface area contributed by atoms with E-state index < -0.39 is 0 Å². The van der Waals surface area contributed by atoms with Crippen molar-refractivity contribution in [3.63, 3.8) is 0 Å². The van der Waals surface area contributed by atoms with Crippen LogP contribution in [-0.2, 0) is 0 Å². The van der Waals surface area contributed by atoms with Gasteiger partial charge >= 0.3 is 0 Å². The molecule has 57 heavy (non-hydrogen) atoms. The summed E-state index contributed by atoms with van der Waals surface area (Å²) in [5.74, 6) is 0. The summed E-state index contributed by atoms with van der Waals surface area (Å²) in [4.78, 5) is 0. The Morgan fingerprint density at radius 3 is 1.39 bits per heavy atom. The van der Waals surface area contributed by atoms with Gasteiger partial charge in [0.15, 0.2) is 0 Å². The molecule has 0 spiro atoms. The molecule has 0 aliphatic carbocycles. The summed E-state index contributed by atoms with van der Waals surface area (Å²) < 4.78 is 7.30. The summed E-state index contributed by atoms with van der Waals surface area (Å²) in [6.07, 6.45) is 0. The number of rotatable bonds is 4. The minimum absolute atomic E-state index is 1.15. The van der Waals surface area contributed by atoms with Gasteiger partial charge in [-0.2, -0.15) is 0 Å². The van der Waals surface area contributed by atoms with Crippen LogP contribution in [0.5, 0.6) is 0 Å². The molecule has 4 heterocycles. The normalized spacial score (nSPS) is 12.2. The number of para-hydroxylation sites is 6. The molecule has 13 aromatic rings. The van der Waals surface area contributed by atoms with E-state index in [0.717, 1.165) is 5.69 Å². The number of aromatic nitrogens is 3. The third kappa shape index (κ3) is 4.20. The zero-order valence-corrected chi connectivity index (χ0v) is 30.9. The molecule has 264 valence electrons. The van der Waals surface area contributed by atoms with Crippen LogP contribution in [0.3, 0.4) is 0 Å². The highest BCUT2D eigenvalue weighted by atomic mass is 15.0. The van der Waals surface area contributed by atoms with Crippen molar-refractivity contribution in [2.45, 2.75) is 0 Å². The van der Waals surface area contributed by atoms with E-state index in [0.29, 0.717) is 0 Å². The molecular formula is C54H33N3. The molecule has 4 aromatic heterocycles. The van der Waals surface area contributed by atoms with Gasteiger partial charge < -0.3 is 13.5 Å². The maximum Gasteiger partial charge on any atom is 0.0620 e. The Bertz CT molecular complexity index is 3730. The Balaban J connectivity index is 1.04. The van der Waals surface area contributed by atoms with Crippen LogP contribution < -0.4 is 0 Å². The van der Waals surface area contributed by atoms with E-state index in [1.54, 1.807) is 0 Å². The highest BCUT2D eigenvalue weighted by Gasteiger charge is 2.21. The van der Waals surface area contributed by atoms with Gasteiger partial charge in [-0.3, -0.25) is 0 Å². The monoisotopic (exact) mass is 723 g/mol. The highest BCUT2D eigenvalue weighted by Crippen LogP contribution is 2.44. The largest absolute Gasteiger partial charge is 0.309 e. The Hall–Kier alpha value is -7.62. The van der Waals surface area contributed by atoms with Gasteiger partial charge in [-0.1, -0.05) is 127 Å². The van der Waals surface area contributed by atoms with Crippen LogP contribution in [0.2, 0.25) is 0 Å². The lowest BCUT2D eigenvalue weighted by Gasteiger charge is -2.12. The van der Waals surface area contributed by atoms with Gasteiger partial charge in [0.1, 0.15) is 0 Å². The zero-order valence-electron chi connectivity index (χ0n) is 30.9. The molecule has 13 rings (SSSR count). The first-order chi connectivity index (χ1) is 28.3. The molecule has 0 unspecified atom stereocenters. The first-order valence-electron chi connectivity index (χ1n) is 19.7. The maximum absolute atomic E-state index is 2.46. The fourth-order valence-corrected chi connectivity index (χ4v) is 9.93. The number of fused-ring (bicyclic) bond motifs is 12. The third-order valence-corrected chi connectivity index (χ3v) is 12.4. The molecule has 0 saturated heterocycles. The van der Waals surface area contributed by atoms with Crippen molar-refractivity contribution in [2.75, 3.05) is 0 Å². The molecule has 0 saturated carbocycles. The quantitative estimate of drug-likeness (QED) is 0.172. The van der Waals surface area contributed by atoms with Crippen molar-refractivity contribution < 1.29 is 0 Å². The number of hydrogen-bond donors (Lipinski definition) is 0. The van der Waals surface area contributed by atoms with Crippen molar-refractivity contribution >= 4 is 81.7 Å². The zero-order chi connectivity index (χ0) is 37.2. The second kappa shape index (κ2) is 11.5. The molecule has 0 atom stereocenters. The van der Waals surface area contributed by atoms with Gasteiger partial charge in [0.2, 0.25) is 0 Å². The molecule has 0 amide bonds. The SMILES string of the molecule is c1ccc(-n2c3ccccc3c3cc(-c4ccc5c(c4)c4cccc(-c6ccc7c(c6)c6cccc8c9ccccc9n7c86)c4n5-c4ccccc4)ccc32)cc1. The van der Waals surface area contributed by atoms with Crippen LogP contribution in [0.4, 0.5) is 0 Å². The Kier molecular flexibility index (Phi) is 6.16. The van der Waals surface area contributed by atoms with Crippen LogP contribution >= 0.6 is 0 Å². The third-order valence-electron chi connectivity index (χ3n) is 12.4. The van der Waals surface area contributed by atoms with E-state index in [9.17, 15) is 0 Å². The summed E-state index contributed by atoms with van der Waals surface area (Å²) >= 11 is 0. The van der Waals surface area contributed by atoms with Crippen LogP contribution in [-0.4, -0.2) is 13.5 Å². The average Bonchev–Trinajstić information content (AvgIpc) is 4.01. The Labute approximate surface area is 327 Å². The summed E-state index contributed by atoms with van der Waals surface area (Å²) in [5, 5.41) is 10.2. The fraction of sp³-hybridized carbons (Fsp3) is 0. The molecular weight excluding hydrogens is 691 g/mol. The molecule has 0 bridgehead atoms. The lowest BCUT2D eigenvalue weighted by atomic mass is 9.98. The predicted octanol–water partition coefficient (Wildman–Crippen LogP) is 14.4. The van der Waals surface area contributed by atoms with E-state index in [1.165, 1.54) is 110 Å². The van der Waals surface area contributed by atoms with E-state index >= 15 is 0 Å². The van der Waals surface area contributed by atoms with Crippen LogP contribution in [0.1, 0.15) is 0 Å². The van der Waals surface area contributed by atoms with Gasteiger partial charge in [-0.15, -0.1) is 0 Å². The summed E-state index contributed by atoms with van der Waals surface area (Å²) in [6.45, 7) is 0. The van der Waals surface area contributed by atoms with Gasteiger partial charge in [-0.25, -0.2) is 0 Å². The maximum atomic E-state index is 2.46. The summed E-state index contributed by atoms with van der Waals surface area (Å²) in [6, 6.07) is 73.7. The van der Waals surface area contributed by atoms with Crippen molar-refractivity contribution in [1.82, 2.24) is 13.5 Å². The van der Waals surface area contributed by atoms with E-state index in [4.69, 9.17) is 0 Å². The molecule has 0 fully saturated rings. The van der Waals surface area contributed by atoms with Crippen molar-refractivity contribution in [3.8, 4) is 33.6 Å². The summed E-state index contributed by atoms with van der Waals surface area (Å²) in [5.41, 5.74) is 15.8. The number of nitrogens with zero attached hydrogens (tertiary/aromatic N) is 3. The molecule has 9 aromatic carbocycles.